The zero-order valence-corrected chi connectivity index (χ0v) is 12.2. The molecule has 0 aliphatic carbocycles. The summed E-state index contributed by atoms with van der Waals surface area (Å²) in [6.07, 6.45) is 3.99. The van der Waals surface area contributed by atoms with E-state index >= 15 is 0 Å². The second-order valence-corrected chi connectivity index (χ2v) is 4.90. The van der Waals surface area contributed by atoms with E-state index in [2.05, 4.69) is 45.6 Å². The molecule has 2 rings (SSSR count). The smallest absolute Gasteiger partial charge is 0.126 e. The van der Waals surface area contributed by atoms with Crippen LogP contribution < -0.4 is 5.32 Å². The zero-order valence-electron chi connectivity index (χ0n) is 11.3. The molecule has 1 aromatic heterocycles. The van der Waals surface area contributed by atoms with Gasteiger partial charge in [-0.2, -0.15) is 0 Å². The maximum Gasteiger partial charge on any atom is 0.126 e. The van der Waals surface area contributed by atoms with Crippen LogP contribution in [0.4, 0.5) is 5.82 Å². The van der Waals surface area contributed by atoms with Crippen LogP contribution in [0.15, 0.2) is 41.5 Å². The Kier molecular flexibility index (Phi) is 4.58. The number of pyridine rings is 1. The molecule has 0 saturated heterocycles. The summed E-state index contributed by atoms with van der Waals surface area (Å²) in [6, 6.07) is 8.47. The number of rotatable bonds is 4. The first-order valence-corrected chi connectivity index (χ1v) is 6.98. The van der Waals surface area contributed by atoms with Crippen LogP contribution in [0.1, 0.15) is 12.5 Å². The third-order valence-electron chi connectivity index (χ3n) is 2.81. The molecule has 0 bridgehead atoms. The number of aromatic nitrogens is 1. The Labute approximate surface area is 117 Å². The zero-order chi connectivity index (χ0) is 13.7. The fourth-order valence-electron chi connectivity index (χ4n) is 1.84. The molecule has 1 heterocycles. The number of nitrogens with zero attached hydrogens (tertiary/aromatic N) is 2. The summed E-state index contributed by atoms with van der Waals surface area (Å²) in [5.41, 5.74) is 3.05. The summed E-state index contributed by atoms with van der Waals surface area (Å²) in [5, 5.41) is 5.40. The van der Waals surface area contributed by atoms with Crippen molar-refractivity contribution in [3.05, 3.63) is 42.1 Å². The third-order valence-corrected chi connectivity index (χ3v) is 3.85. The number of anilines is 1. The van der Waals surface area contributed by atoms with Crippen molar-refractivity contribution in [1.82, 2.24) is 4.98 Å². The second-order valence-electron chi connectivity index (χ2n) is 4.02. The quantitative estimate of drug-likeness (QED) is 0.674. The van der Waals surface area contributed by atoms with Gasteiger partial charge in [0.1, 0.15) is 5.82 Å². The first-order chi connectivity index (χ1) is 9.28. The van der Waals surface area contributed by atoms with Gasteiger partial charge >= 0.3 is 0 Å². The average Bonchev–Trinajstić information content (AvgIpc) is 2.47. The number of benzene rings is 1. The van der Waals surface area contributed by atoms with Gasteiger partial charge in [0, 0.05) is 30.6 Å². The van der Waals surface area contributed by atoms with Gasteiger partial charge in [-0.1, -0.05) is 30.0 Å². The van der Waals surface area contributed by atoms with E-state index in [9.17, 15) is 0 Å². The van der Waals surface area contributed by atoms with E-state index in [1.165, 1.54) is 15.9 Å². The molecule has 3 nitrogen and oxygen atoms in total. The predicted molar refractivity (Wildman–Crippen MR) is 86.9 cm³/mol. The summed E-state index contributed by atoms with van der Waals surface area (Å²) < 4.78 is 0. The molecule has 0 aliphatic heterocycles. The third kappa shape index (κ3) is 3.15. The Hall–Kier alpha value is -1.81. The number of hydrogen-bond acceptors (Lipinski definition) is 4. The van der Waals surface area contributed by atoms with Crippen molar-refractivity contribution in [2.75, 3.05) is 19.4 Å². The lowest BCUT2D eigenvalue weighted by Crippen LogP contribution is -1.91. The Morgan fingerprint density at radius 3 is 2.84 bits per heavy atom. The number of allylic oxidation sites excluding steroid dienone is 1. The van der Waals surface area contributed by atoms with Crippen molar-refractivity contribution < 1.29 is 0 Å². The van der Waals surface area contributed by atoms with Gasteiger partial charge < -0.3 is 5.32 Å². The van der Waals surface area contributed by atoms with Gasteiger partial charge in [-0.3, -0.25) is 4.99 Å². The van der Waals surface area contributed by atoms with E-state index in [1.54, 1.807) is 18.8 Å². The van der Waals surface area contributed by atoms with E-state index in [0.717, 1.165) is 11.2 Å². The van der Waals surface area contributed by atoms with Gasteiger partial charge in [0.25, 0.3) is 0 Å². The fourth-order valence-corrected chi connectivity index (χ4v) is 2.46. The van der Waals surface area contributed by atoms with Crippen LogP contribution in [0.25, 0.3) is 15.7 Å². The van der Waals surface area contributed by atoms with Crippen molar-refractivity contribution in [2.45, 2.75) is 6.92 Å². The van der Waals surface area contributed by atoms with E-state index in [4.69, 9.17) is 0 Å². The predicted octanol–water partition coefficient (Wildman–Crippen LogP) is 4.03. The Balaban J connectivity index is 2.44. The van der Waals surface area contributed by atoms with Crippen LogP contribution in [-0.2, 0) is 0 Å². The minimum Gasteiger partial charge on any atom is -0.373 e. The van der Waals surface area contributed by atoms with Crippen LogP contribution in [0.2, 0.25) is 0 Å². The average molecular weight is 271 g/mol. The minimum absolute atomic E-state index is 0.884. The van der Waals surface area contributed by atoms with E-state index in [0.29, 0.717) is 0 Å². The normalized spacial score (nSPS) is 12.3. The number of fused-ring (bicyclic) bond motifs is 1. The lowest BCUT2D eigenvalue weighted by atomic mass is 10.1. The molecule has 0 unspecified atom stereocenters. The lowest BCUT2D eigenvalue weighted by molar-refractivity contribution is 1.31. The van der Waals surface area contributed by atoms with Crippen molar-refractivity contribution in [3.63, 3.8) is 0 Å². The maximum absolute atomic E-state index is 4.32. The SMILES string of the molecule is C/C=C(/SC=NC)c1ccc2cnc(NC)cc2c1. The van der Waals surface area contributed by atoms with E-state index in [1.807, 2.05) is 25.7 Å². The Morgan fingerprint density at radius 2 is 2.16 bits per heavy atom. The van der Waals surface area contributed by atoms with Gasteiger partial charge in [0.2, 0.25) is 0 Å². The molecule has 0 amide bonds. The van der Waals surface area contributed by atoms with Crippen LogP contribution in [0, 0.1) is 0 Å². The molecule has 19 heavy (non-hydrogen) atoms. The molecular formula is C15H17N3S. The standard InChI is InChI=1S/C15H17N3S/c1-4-14(19-10-16-2)11-5-6-12-9-18-15(17-3)8-13(12)7-11/h4-10H,1-3H3,(H,17,18)/b14-4+,16-10?. The van der Waals surface area contributed by atoms with Crippen LogP contribution in [-0.4, -0.2) is 24.6 Å². The van der Waals surface area contributed by atoms with Gasteiger partial charge in [-0.15, -0.1) is 0 Å². The van der Waals surface area contributed by atoms with Gasteiger partial charge in [0.15, 0.2) is 0 Å². The van der Waals surface area contributed by atoms with Gasteiger partial charge in [-0.25, -0.2) is 4.98 Å². The monoisotopic (exact) mass is 271 g/mol. The highest BCUT2D eigenvalue weighted by Gasteiger charge is 2.03. The fraction of sp³-hybridized carbons (Fsp3) is 0.200. The molecule has 4 heteroatoms. The molecule has 2 aromatic rings. The molecule has 0 fully saturated rings. The van der Waals surface area contributed by atoms with Crippen LogP contribution in [0.3, 0.4) is 0 Å². The van der Waals surface area contributed by atoms with E-state index in [-0.39, 0.29) is 0 Å². The van der Waals surface area contributed by atoms with Crippen molar-refractivity contribution in [2.24, 2.45) is 4.99 Å². The number of thioether (sulfide) groups is 1. The molecule has 0 radical (unpaired) electrons. The number of nitrogens with one attached hydrogen (secondary N) is 1. The molecule has 1 N–H and O–H groups in total. The van der Waals surface area contributed by atoms with Crippen molar-refractivity contribution in [3.8, 4) is 0 Å². The van der Waals surface area contributed by atoms with Gasteiger partial charge in [-0.05, 0) is 30.0 Å². The lowest BCUT2D eigenvalue weighted by Gasteiger charge is -2.07. The van der Waals surface area contributed by atoms with Gasteiger partial charge in [0.05, 0.1) is 5.55 Å². The molecule has 0 aliphatic rings. The molecule has 0 spiro atoms. The van der Waals surface area contributed by atoms with Crippen molar-refractivity contribution >= 4 is 38.8 Å². The summed E-state index contributed by atoms with van der Waals surface area (Å²) in [5.74, 6) is 0.884. The number of hydrogen-bond donors (Lipinski definition) is 1. The Morgan fingerprint density at radius 1 is 1.32 bits per heavy atom. The van der Waals surface area contributed by atoms with E-state index < -0.39 is 0 Å². The molecule has 0 atom stereocenters. The molecule has 0 saturated carbocycles. The summed E-state index contributed by atoms with van der Waals surface area (Å²) in [7, 11) is 3.66. The molecular weight excluding hydrogens is 254 g/mol. The largest absolute Gasteiger partial charge is 0.373 e. The molecule has 1 aromatic carbocycles. The van der Waals surface area contributed by atoms with Crippen LogP contribution in [0.5, 0.6) is 0 Å². The summed E-state index contributed by atoms with van der Waals surface area (Å²) in [4.78, 5) is 9.54. The number of aliphatic imine (C=N–C) groups is 1. The topological polar surface area (TPSA) is 37.3 Å². The summed E-state index contributed by atoms with van der Waals surface area (Å²) >= 11 is 1.63. The first-order valence-electron chi connectivity index (χ1n) is 6.10. The highest BCUT2D eigenvalue weighted by atomic mass is 32.2. The van der Waals surface area contributed by atoms with Crippen molar-refractivity contribution in [1.29, 1.82) is 0 Å². The summed E-state index contributed by atoms with van der Waals surface area (Å²) in [6.45, 7) is 2.04. The Bertz CT molecular complexity index is 632. The second kappa shape index (κ2) is 6.38. The first kappa shape index (κ1) is 13.6. The molecule has 98 valence electrons. The highest BCUT2D eigenvalue weighted by Crippen LogP contribution is 2.28. The highest BCUT2D eigenvalue weighted by molar-refractivity contribution is 8.20. The maximum atomic E-state index is 4.32. The minimum atomic E-state index is 0.884. The van der Waals surface area contributed by atoms with Crippen LogP contribution >= 0.6 is 11.8 Å².